The molecule has 3 nitrogen and oxygen atoms in total. The Balaban J connectivity index is 2.74. The number of ketones is 1. The maximum absolute atomic E-state index is 11.1. The van der Waals surface area contributed by atoms with E-state index in [1.54, 1.807) is 12.2 Å². The zero-order valence-corrected chi connectivity index (χ0v) is 6.96. The molecule has 0 radical (unpaired) electrons. The average molecular weight is 156 g/mol. The molecular weight excluding hydrogens is 144 g/mol. The molecule has 0 saturated heterocycles. The van der Waals surface area contributed by atoms with Gasteiger partial charge < -0.3 is 9.47 Å². The number of Topliss-reactive ketones (excluding diaryl/α,β-unsaturated/α-hetero) is 1. The molecule has 2 atom stereocenters. The van der Waals surface area contributed by atoms with Crippen LogP contribution in [0.15, 0.2) is 12.2 Å². The molecule has 0 amide bonds. The van der Waals surface area contributed by atoms with E-state index in [4.69, 9.17) is 9.47 Å². The van der Waals surface area contributed by atoms with Gasteiger partial charge >= 0.3 is 0 Å². The van der Waals surface area contributed by atoms with Crippen LogP contribution in [0.5, 0.6) is 0 Å². The summed E-state index contributed by atoms with van der Waals surface area (Å²) in [7, 11) is 3.02. The summed E-state index contributed by atoms with van der Waals surface area (Å²) in [5.41, 5.74) is -0.774. The van der Waals surface area contributed by atoms with E-state index < -0.39 is 11.7 Å². The molecule has 11 heavy (non-hydrogen) atoms. The van der Waals surface area contributed by atoms with Crippen LogP contribution < -0.4 is 0 Å². The van der Waals surface area contributed by atoms with Crippen LogP contribution in [0, 0.1) is 0 Å². The molecule has 2 unspecified atom stereocenters. The van der Waals surface area contributed by atoms with E-state index in [-0.39, 0.29) is 5.78 Å². The van der Waals surface area contributed by atoms with Crippen molar-refractivity contribution in [3.8, 4) is 0 Å². The lowest BCUT2D eigenvalue weighted by atomic mass is 10.3. The fourth-order valence-electron chi connectivity index (χ4n) is 1.25. The number of ether oxygens (including phenoxy) is 2. The predicted octanol–water partition coefficient (Wildman–Crippen LogP) is 0.545. The molecule has 0 aromatic rings. The molecule has 0 spiro atoms. The topological polar surface area (TPSA) is 35.5 Å². The maximum Gasteiger partial charge on any atom is 0.204 e. The lowest BCUT2D eigenvalue weighted by molar-refractivity contribution is -0.116. The van der Waals surface area contributed by atoms with E-state index in [9.17, 15) is 4.79 Å². The smallest absolute Gasteiger partial charge is 0.204 e. The Morgan fingerprint density at radius 2 is 2.18 bits per heavy atom. The molecule has 1 aliphatic rings. The minimum Gasteiger partial charge on any atom is -0.370 e. The SMILES string of the molecule is C/C=C\C1(OC)C(=O)C1OC. The molecule has 1 fully saturated rings. The van der Waals surface area contributed by atoms with E-state index in [2.05, 4.69) is 0 Å². The molecule has 1 aliphatic carbocycles. The first-order valence-electron chi connectivity index (χ1n) is 3.49. The third-order valence-corrected chi connectivity index (χ3v) is 1.92. The van der Waals surface area contributed by atoms with E-state index in [1.165, 1.54) is 14.2 Å². The monoisotopic (exact) mass is 156 g/mol. The van der Waals surface area contributed by atoms with Gasteiger partial charge in [0.2, 0.25) is 5.78 Å². The van der Waals surface area contributed by atoms with Crippen LogP contribution in [0.1, 0.15) is 6.92 Å². The van der Waals surface area contributed by atoms with Gasteiger partial charge in [-0.2, -0.15) is 0 Å². The summed E-state index contributed by atoms with van der Waals surface area (Å²) >= 11 is 0. The second-order valence-corrected chi connectivity index (χ2v) is 2.48. The van der Waals surface area contributed by atoms with Crippen LogP contribution in [0.2, 0.25) is 0 Å². The Bertz CT molecular complexity index is 198. The van der Waals surface area contributed by atoms with Crippen molar-refractivity contribution in [2.24, 2.45) is 0 Å². The summed E-state index contributed by atoms with van der Waals surface area (Å²) < 4.78 is 9.95. The highest BCUT2D eigenvalue weighted by atomic mass is 16.6. The minimum absolute atomic E-state index is 0.000556. The Kier molecular flexibility index (Phi) is 2.11. The van der Waals surface area contributed by atoms with Crippen molar-refractivity contribution < 1.29 is 14.3 Å². The molecule has 3 heteroatoms. The summed E-state index contributed by atoms with van der Waals surface area (Å²) in [6.45, 7) is 1.85. The van der Waals surface area contributed by atoms with Crippen molar-refractivity contribution in [1.29, 1.82) is 0 Å². The van der Waals surface area contributed by atoms with E-state index in [1.807, 2.05) is 6.92 Å². The number of carbonyl (C=O) groups excluding carboxylic acids is 1. The summed E-state index contributed by atoms with van der Waals surface area (Å²) in [6.07, 6.45) is 3.12. The summed E-state index contributed by atoms with van der Waals surface area (Å²) in [6, 6.07) is 0. The van der Waals surface area contributed by atoms with Crippen molar-refractivity contribution in [3.05, 3.63) is 12.2 Å². The number of carbonyl (C=O) groups is 1. The fourth-order valence-corrected chi connectivity index (χ4v) is 1.25. The number of allylic oxidation sites excluding steroid dienone is 1. The quantitative estimate of drug-likeness (QED) is 0.559. The van der Waals surface area contributed by atoms with Gasteiger partial charge in [0.25, 0.3) is 0 Å². The van der Waals surface area contributed by atoms with E-state index in [0.717, 1.165) is 0 Å². The largest absolute Gasteiger partial charge is 0.370 e. The van der Waals surface area contributed by atoms with E-state index in [0.29, 0.717) is 0 Å². The highest BCUT2D eigenvalue weighted by Gasteiger charge is 2.65. The van der Waals surface area contributed by atoms with Crippen LogP contribution in [0.4, 0.5) is 0 Å². The van der Waals surface area contributed by atoms with Gasteiger partial charge in [0.15, 0.2) is 11.7 Å². The predicted molar refractivity (Wildman–Crippen MR) is 40.4 cm³/mol. The van der Waals surface area contributed by atoms with Gasteiger partial charge in [0.1, 0.15) is 0 Å². The van der Waals surface area contributed by atoms with Gasteiger partial charge in [-0.1, -0.05) is 6.08 Å². The summed E-state index contributed by atoms with van der Waals surface area (Å²) in [5.74, 6) is 0.000556. The minimum atomic E-state index is -0.774. The van der Waals surface area contributed by atoms with Crippen LogP contribution in [-0.2, 0) is 14.3 Å². The third kappa shape index (κ3) is 1.01. The summed E-state index contributed by atoms with van der Waals surface area (Å²) in [5, 5.41) is 0. The van der Waals surface area contributed by atoms with Gasteiger partial charge in [-0.25, -0.2) is 0 Å². The van der Waals surface area contributed by atoms with Crippen molar-refractivity contribution in [1.82, 2.24) is 0 Å². The standard InChI is InChI=1S/C8H12O3/c1-4-5-8(11-3)6(9)7(8)10-2/h4-5,7H,1-3H3/b5-4-. The third-order valence-electron chi connectivity index (χ3n) is 1.92. The average Bonchev–Trinajstić information content (AvgIpc) is 2.57. The van der Waals surface area contributed by atoms with Gasteiger partial charge in [-0.15, -0.1) is 0 Å². The van der Waals surface area contributed by atoms with Crippen LogP contribution in [0.3, 0.4) is 0 Å². The van der Waals surface area contributed by atoms with Crippen LogP contribution in [0.25, 0.3) is 0 Å². The normalized spacial score (nSPS) is 36.6. The molecule has 0 bridgehead atoms. The molecule has 62 valence electrons. The molecule has 1 saturated carbocycles. The van der Waals surface area contributed by atoms with E-state index >= 15 is 0 Å². The maximum atomic E-state index is 11.1. The Morgan fingerprint density at radius 3 is 2.45 bits per heavy atom. The lowest BCUT2D eigenvalue weighted by Gasteiger charge is -2.04. The van der Waals surface area contributed by atoms with Gasteiger partial charge in [-0.05, 0) is 13.0 Å². The first kappa shape index (κ1) is 8.43. The van der Waals surface area contributed by atoms with Crippen LogP contribution in [-0.4, -0.2) is 31.7 Å². The number of methoxy groups -OCH3 is 2. The highest BCUT2D eigenvalue weighted by molar-refractivity contribution is 6.12. The molecule has 1 rings (SSSR count). The number of hydrogen-bond donors (Lipinski definition) is 0. The highest BCUT2D eigenvalue weighted by Crippen LogP contribution is 2.38. The fraction of sp³-hybridized carbons (Fsp3) is 0.625. The van der Waals surface area contributed by atoms with Gasteiger partial charge in [0, 0.05) is 14.2 Å². The Hall–Kier alpha value is -0.670. The van der Waals surface area contributed by atoms with Crippen molar-refractivity contribution in [3.63, 3.8) is 0 Å². The van der Waals surface area contributed by atoms with Gasteiger partial charge in [0.05, 0.1) is 0 Å². The van der Waals surface area contributed by atoms with Gasteiger partial charge in [-0.3, -0.25) is 4.79 Å². The molecule has 0 aromatic carbocycles. The zero-order valence-electron chi connectivity index (χ0n) is 6.96. The number of hydrogen-bond acceptors (Lipinski definition) is 3. The van der Waals surface area contributed by atoms with Crippen LogP contribution >= 0.6 is 0 Å². The molecule has 0 aliphatic heterocycles. The first-order valence-corrected chi connectivity index (χ1v) is 3.49. The second kappa shape index (κ2) is 2.75. The zero-order chi connectivity index (χ0) is 8.48. The second-order valence-electron chi connectivity index (χ2n) is 2.48. The summed E-state index contributed by atoms with van der Waals surface area (Å²) in [4.78, 5) is 11.1. The molecule has 0 aromatic heterocycles. The Morgan fingerprint density at radius 1 is 1.55 bits per heavy atom. The first-order chi connectivity index (χ1) is 5.22. The number of rotatable bonds is 3. The molecular formula is C8H12O3. The lowest BCUT2D eigenvalue weighted by Crippen LogP contribution is -2.15. The van der Waals surface area contributed by atoms with Crippen molar-refractivity contribution in [2.45, 2.75) is 18.6 Å². The molecule has 0 N–H and O–H groups in total. The van der Waals surface area contributed by atoms with Crippen molar-refractivity contribution in [2.75, 3.05) is 14.2 Å². The Labute approximate surface area is 66.0 Å². The molecule has 0 heterocycles. The van der Waals surface area contributed by atoms with Crippen molar-refractivity contribution >= 4 is 5.78 Å².